The molecule has 1 aromatic carbocycles. The van der Waals surface area contributed by atoms with Crippen molar-refractivity contribution in [3.63, 3.8) is 0 Å². The summed E-state index contributed by atoms with van der Waals surface area (Å²) in [4.78, 5) is 15.9. The summed E-state index contributed by atoms with van der Waals surface area (Å²) in [5, 5.41) is 2.97. The van der Waals surface area contributed by atoms with Crippen LogP contribution < -0.4 is 5.32 Å². The quantitative estimate of drug-likeness (QED) is 0.850. The third-order valence-electron chi connectivity index (χ3n) is 2.71. The molecular weight excluding hydrogens is 267 g/mol. The lowest BCUT2D eigenvalue weighted by atomic mass is 10.1. The summed E-state index contributed by atoms with van der Waals surface area (Å²) in [7, 11) is 0. The minimum absolute atomic E-state index is 0.00704. The lowest BCUT2D eigenvalue weighted by molar-refractivity contribution is 0.102. The highest BCUT2D eigenvalue weighted by Gasteiger charge is 2.13. The average Bonchev–Trinajstić information content (AvgIpc) is 2.37. The number of aryl methyl sites for hydroxylation is 2. The Kier molecular flexibility index (Phi) is 3.81. The Balaban J connectivity index is 2.26. The van der Waals surface area contributed by atoms with E-state index in [2.05, 4.69) is 10.3 Å². The van der Waals surface area contributed by atoms with Gasteiger partial charge in [0.2, 0.25) is 0 Å². The minimum atomic E-state index is -0.515. The van der Waals surface area contributed by atoms with Gasteiger partial charge in [-0.25, -0.2) is 9.37 Å². The van der Waals surface area contributed by atoms with E-state index in [1.165, 1.54) is 12.3 Å². The molecule has 0 bridgehead atoms. The van der Waals surface area contributed by atoms with Gasteiger partial charge in [0.25, 0.3) is 5.91 Å². The molecule has 0 aliphatic rings. The van der Waals surface area contributed by atoms with E-state index >= 15 is 0 Å². The van der Waals surface area contributed by atoms with Crippen molar-refractivity contribution in [2.75, 3.05) is 5.32 Å². The predicted octanol–water partition coefficient (Wildman–Crippen LogP) is 3.74. The van der Waals surface area contributed by atoms with E-state index in [1.807, 2.05) is 0 Å². The maximum Gasteiger partial charge on any atom is 0.258 e. The van der Waals surface area contributed by atoms with E-state index < -0.39 is 11.7 Å². The number of anilines is 1. The fourth-order valence-corrected chi connectivity index (χ4v) is 1.75. The van der Waals surface area contributed by atoms with Crippen molar-refractivity contribution in [1.29, 1.82) is 0 Å². The van der Waals surface area contributed by atoms with Crippen LogP contribution in [0.1, 0.15) is 21.5 Å². The number of carbonyl (C=O) groups is 1. The highest BCUT2D eigenvalue weighted by Crippen LogP contribution is 2.18. The van der Waals surface area contributed by atoms with Gasteiger partial charge in [-0.2, -0.15) is 0 Å². The van der Waals surface area contributed by atoms with Crippen molar-refractivity contribution >= 4 is 23.2 Å². The zero-order valence-corrected chi connectivity index (χ0v) is 11.3. The van der Waals surface area contributed by atoms with Crippen LogP contribution in [0.25, 0.3) is 0 Å². The molecule has 0 saturated carbocycles. The lowest BCUT2D eigenvalue weighted by Gasteiger charge is -2.08. The van der Waals surface area contributed by atoms with E-state index in [-0.39, 0.29) is 5.56 Å². The molecule has 2 aromatic rings. The molecule has 0 unspecified atom stereocenters. The standard InChI is InChI=1S/C14H12ClFN2O/c1-8-4-3-5-11(12(8)16)14(19)18-10-6-9(2)13(15)17-7-10/h3-7H,1-2H3,(H,18,19). The zero-order chi connectivity index (χ0) is 14.0. The molecule has 0 aliphatic heterocycles. The van der Waals surface area contributed by atoms with Gasteiger partial charge in [-0.3, -0.25) is 4.79 Å². The molecule has 0 saturated heterocycles. The lowest BCUT2D eigenvalue weighted by Crippen LogP contribution is -2.14. The van der Waals surface area contributed by atoms with Crippen LogP contribution in [-0.2, 0) is 0 Å². The largest absolute Gasteiger partial charge is 0.320 e. The zero-order valence-electron chi connectivity index (χ0n) is 10.5. The van der Waals surface area contributed by atoms with E-state index in [0.29, 0.717) is 16.4 Å². The first-order valence-electron chi connectivity index (χ1n) is 5.67. The normalized spacial score (nSPS) is 10.3. The number of carbonyl (C=O) groups excluding carboxylic acids is 1. The van der Waals surface area contributed by atoms with Gasteiger partial charge in [-0.15, -0.1) is 0 Å². The molecule has 0 atom stereocenters. The first kappa shape index (κ1) is 13.5. The highest BCUT2D eigenvalue weighted by atomic mass is 35.5. The maximum absolute atomic E-state index is 13.8. The van der Waals surface area contributed by atoms with E-state index in [1.54, 1.807) is 32.0 Å². The molecule has 98 valence electrons. The number of rotatable bonds is 2. The second-order valence-corrected chi connectivity index (χ2v) is 4.58. The molecule has 1 amide bonds. The van der Waals surface area contributed by atoms with E-state index in [0.717, 1.165) is 5.56 Å². The Morgan fingerprint density at radius 2 is 2.05 bits per heavy atom. The van der Waals surface area contributed by atoms with Crippen LogP contribution in [0.2, 0.25) is 5.15 Å². The Bertz CT molecular complexity index is 643. The van der Waals surface area contributed by atoms with Gasteiger partial charge in [-0.05, 0) is 37.1 Å². The van der Waals surface area contributed by atoms with Crippen LogP contribution in [0.5, 0.6) is 0 Å². The van der Waals surface area contributed by atoms with Gasteiger partial charge >= 0.3 is 0 Å². The molecule has 5 heteroatoms. The van der Waals surface area contributed by atoms with Gasteiger partial charge in [-0.1, -0.05) is 23.7 Å². The van der Waals surface area contributed by atoms with Crippen molar-refractivity contribution in [3.05, 3.63) is 58.1 Å². The number of nitrogens with one attached hydrogen (secondary N) is 1. The number of aromatic nitrogens is 1. The molecule has 2 rings (SSSR count). The molecule has 3 nitrogen and oxygen atoms in total. The fourth-order valence-electron chi connectivity index (χ4n) is 1.65. The van der Waals surface area contributed by atoms with Crippen LogP contribution in [0.15, 0.2) is 30.5 Å². The Morgan fingerprint density at radius 3 is 2.74 bits per heavy atom. The second kappa shape index (κ2) is 5.36. The van der Waals surface area contributed by atoms with Crippen molar-refractivity contribution < 1.29 is 9.18 Å². The number of hydrogen-bond donors (Lipinski definition) is 1. The first-order valence-corrected chi connectivity index (χ1v) is 6.05. The number of halogens is 2. The Hall–Kier alpha value is -1.94. The molecule has 19 heavy (non-hydrogen) atoms. The highest BCUT2D eigenvalue weighted by molar-refractivity contribution is 6.30. The summed E-state index contributed by atoms with van der Waals surface area (Å²) in [6.07, 6.45) is 1.43. The fraction of sp³-hybridized carbons (Fsp3) is 0.143. The van der Waals surface area contributed by atoms with Gasteiger partial charge in [0.05, 0.1) is 17.4 Å². The maximum atomic E-state index is 13.8. The Morgan fingerprint density at radius 1 is 1.32 bits per heavy atom. The van der Waals surface area contributed by atoms with Crippen LogP contribution in [-0.4, -0.2) is 10.9 Å². The van der Waals surface area contributed by atoms with Crippen molar-refractivity contribution in [2.45, 2.75) is 13.8 Å². The van der Waals surface area contributed by atoms with Gasteiger partial charge in [0.15, 0.2) is 0 Å². The van der Waals surface area contributed by atoms with Crippen LogP contribution in [0.4, 0.5) is 10.1 Å². The van der Waals surface area contributed by atoms with Gasteiger partial charge in [0.1, 0.15) is 11.0 Å². The molecule has 0 aliphatic carbocycles. The molecule has 1 N–H and O–H groups in total. The summed E-state index contributed by atoms with van der Waals surface area (Å²) < 4.78 is 13.8. The van der Waals surface area contributed by atoms with Gasteiger partial charge in [0, 0.05) is 0 Å². The van der Waals surface area contributed by atoms with Crippen LogP contribution in [0, 0.1) is 19.7 Å². The number of hydrogen-bond acceptors (Lipinski definition) is 2. The van der Waals surface area contributed by atoms with Crippen molar-refractivity contribution in [2.24, 2.45) is 0 Å². The first-order chi connectivity index (χ1) is 8.99. The molecule has 0 spiro atoms. The molecule has 1 heterocycles. The third kappa shape index (κ3) is 2.90. The minimum Gasteiger partial charge on any atom is -0.320 e. The summed E-state index contributed by atoms with van der Waals surface area (Å²) >= 11 is 5.80. The summed E-state index contributed by atoms with van der Waals surface area (Å²) in [6.45, 7) is 3.39. The predicted molar refractivity (Wildman–Crippen MR) is 73.1 cm³/mol. The van der Waals surface area contributed by atoms with Crippen molar-refractivity contribution in [3.8, 4) is 0 Å². The monoisotopic (exact) mass is 278 g/mol. The van der Waals surface area contributed by atoms with E-state index in [9.17, 15) is 9.18 Å². The third-order valence-corrected chi connectivity index (χ3v) is 3.10. The smallest absolute Gasteiger partial charge is 0.258 e. The number of nitrogens with zero attached hydrogens (tertiary/aromatic N) is 1. The molecule has 1 aromatic heterocycles. The number of pyridine rings is 1. The topological polar surface area (TPSA) is 42.0 Å². The van der Waals surface area contributed by atoms with Crippen molar-refractivity contribution in [1.82, 2.24) is 4.98 Å². The number of amides is 1. The second-order valence-electron chi connectivity index (χ2n) is 4.22. The number of benzene rings is 1. The summed E-state index contributed by atoms with van der Waals surface area (Å²) in [5.41, 5.74) is 1.66. The molecule has 0 fully saturated rings. The van der Waals surface area contributed by atoms with E-state index in [4.69, 9.17) is 11.6 Å². The van der Waals surface area contributed by atoms with Gasteiger partial charge < -0.3 is 5.32 Å². The Labute approximate surface area is 115 Å². The average molecular weight is 279 g/mol. The molecule has 0 radical (unpaired) electrons. The SMILES string of the molecule is Cc1cc(NC(=O)c2cccc(C)c2F)cnc1Cl. The van der Waals surface area contributed by atoms with Crippen LogP contribution in [0.3, 0.4) is 0 Å². The summed E-state index contributed by atoms with van der Waals surface area (Å²) in [5.74, 6) is -1.02. The summed E-state index contributed by atoms with van der Waals surface area (Å²) in [6, 6.07) is 6.37. The molecular formula is C14H12ClFN2O. The van der Waals surface area contributed by atoms with Crippen LogP contribution >= 0.6 is 11.6 Å².